The fraction of sp³-hybridized carbons (Fsp3) is 0.0500. The Morgan fingerprint density at radius 1 is 1.19 bits per heavy atom. The zero-order valence-electron chi connectivity index (χ0n) is 16.3. The number of nitrogens with zero attached hydrogens (tertiary/aromatic N) is 4. The average Bonchev–Trinajstić information content (AvgIpc) is 3.17. The molecule has 0 saturated carbocycles. The normalized spacial score (nSPS) is 15.2. The van der Waals surface area contributed by atoms with Gasteiger partial charge in [-0.15, -0.1) is 10.2 Å². The SMILES string of the molecule is Cc1nnc(Sc2ccc(/C=C3\C(=O)NC(=S)N(c4ccccc4)C3=O)cc2[N+](=O)[O-])s1. The van der Waals surface area contributed by atoms with Crippen molar-refractivity contribution in [2.45, 2.75) is 16.2 Å². The van der Waals surface area contributed by atoms with Crippen LogP contribution in [0.4, 0.5) is 11.4 Å². The van der Waals surface area contributed by atoms with Crippen molar-refractivity contribution in [2.75, 3.05) is 4.90 Å². The van der Waals surface area contributed by atoms with Crippen LogP contribution in [0.5, 0.6) is 0 Å². The van der Waals surface area contributed by atoms with Crippen LogP contribution in [-0.4, -0.2) is 32.0 Å². The number of hydrogen-bond acceptors (Lipinski definition) is 9. The number of amides is 2. The van der Waals surface area contributed by atoms with Gasteiger partial charge in [0.25, 0.3) is 17.5 Å². The van der Waals surface area contributed by atoms with Crippen LogP contribution < -0.4 is 10.2 Å². The van der Waals surface area contributed by atoms with E-state index in [4.69, 9.17) is 12.2 Å². The van der Waals surface area contributed by atoms with E-state index in [2.05, 4.69) is 15.5 Å². The van der Waals surface area contributed by atoms with Gasteiger partial charge in [-0.05, 0) is 49.0 Å². The van der Waals surface area contributed by atoms with Crippen LogP contribution in [0.3, 0.4) is 0 Å². The van der Waals surface area contributed by atoms with Crippen LogP contribution in [0.25, 0.3) is 6.08 Å². The van der Waals surface area contributed by atoms with Gasteiger partial charge in [-0.2, -0.15) is 0 Å². The quantitative estimate of drug-likeness (QED) is 0.192. The number of aryl methyl sites for hydroxylation is 1. The molecule has 32 heavy (non-hydrogen) atoms. The maximum atomic E-state index is 13.0. The monoisotopic (exact) mass is 483 g/mol. The highest BCUT2D eigenvalue weighted by atomic mass is 32.2. The number of nitro benzene ring substituents is 1. The van der Waals surface area contributed by atoms with Crippen molar-refractivity contribution in [3.8, 4) is 0 Å². The fourth-order valence-electron chi connectivity index (χ4n) is 2.90. The Balaban J connectivity index is 1.69. The molecule has 2 heterocycles. The molecule has 1 aliphatic rings. The minimum absolute atomic E-state index is 0.0339. The molecule has 0 spiro atoms. The topological polar surface area (TPSA) is 118 Å². The van der Waals surface area contributed by atoms with E-state index in [0.717, 1.165) is 16.8 Å². The van der Waals surface area contributed by atoms with E-state index >= 15 is 0 Å². The van der Waals surface area contributed by atoms with Crippen LogP contribution in [0, 0.1) is 17.0 Å². The number of rotatable bonds is 5. The first kappa shape index (κ1) is 21.7. The lowest BCUT2D eigenvalue weighted by Crippen LogP contribution is -2.54. The second kappa shape index (κ2) is 8.94. The number of nitrogens with one attached hydrogen (secondary N) is 1. The van der Waals surface area contributed by atoms with Crippen LogP contribution in [0.2, 0.25) is 0 Å². The van der Waals surface area contributed by atoms with Crippen LogP contribution in [0.1, 0.15) is 10.6 Å². The van der Waals surface area contributed by atoms with Crippen molar-refractivity contribution in [1.82, 2.24) is 15.5 Å². The minimum Gasteiger partial charge on any atom is -0.298 e. The Morgan fingerprint density at radius 2 is 1.94 bits per heavy atom. The molecular formula is C20H13N5O4S3. The summed E-state index contributed by atoms with van der Waals surface area (Å²) < 4.78 is 0.575. The summed E-state index contributed by atoms with van der Waals surface area (Å²) >= 11 is 7.61. The van der Waals surface area contributed by atoms with Gasteiger partial charge in [0.2, 0.25) is 0 Å². The molecule has 9 nitrogen and oxygen atoms in total. The van der Waals surface area contributed by atoms with E-state index in [1.54, 1.807) is 49.4 Å². The van der Waals surface area contributed by atoms with E-state index in [0.29, 0.717) is 20.5 Å². The Bertz CT molecular complexity index is 1290. The molecule has 1 fully saturated rings. The Labute approximate surface area is 195 Å². The molecule has 0 bridgehead atoms. The van der Waals surface area contributed by atoms with Gasteiger partial charge in [-0.1, -0.05) is 47.4 Å². The number of benzene rings is 2. The highest BCUT2D eigenvalue weighted by Crippen LogP contribution is 2.37. The summed E-state index contributed by atoms with van der Waals surface area (Å²) in [6, 6.07) is 13.1. The second-order valence-corrected chi connectivity index (χ2v) is 9.32. The van der Waals surface area contributed by atoms with Crippen molar-refractivity contribution in [3.63, 3.8) is 0 Å². The summed E-state index contributed by atoms with van der Waals surface area (Å²) in [5.41, 5.74) is 0.473. The molecule has 1 saturated heterocycles. The first-order chi connectivity index (χ1) is 15.3. The summed E-state index contributed by atoms with van der Waals surface area (Å²) in [5.74, 6) is -1.28. The Morgan fingerprint density at radius 3 is 2.59 bits per heavy atom. The number of thiocarbonyl (C=S) groups is 1. The lowest BCUT2D eigenvalue weighted by molar-refractivity contribution is -0.387. The van der Waals surface area contributed by atoms with Crippen molar-refractivity contribution < 1.29 is 14.5 Å². The first-order valence-electron chi connectivity index (χ1n) is 9.06. The lowest BCUT2D eigenvalue weighted by atomic mass is 10.1. The fourth-order valence-corrected chi connectivity index (χ4v) is 5.04. The van der Waals surface area contributed by atoms with E-state index in [9.17, 15) is 19.7 Å². The molecule has 1 aliphatic heterocycles. The molecule has 0 unspecified atom stereocenters. The lowest BCUT2D eigenvalue weighted by Gasteiger charge is -2.28. The van der Waals surface area contributed by atoms with Crippen molar-refractivity contribution >= 4 is 69.7 Å². The van der Waals surface area contributed by atoms with Gasteiger partial charge in [0.15, 0.2) is 9.45 Å². The number of hydrogen-bond donors (Lipinski definition) is 1. The van der Waals surface area contributed by atoms with Gasteiger partial charge < -0.3 is 0 Å². The molecule has 160 valence electrons. The van der Waals surface area contributed by atoms with Crippen molar-refractivity contribution in [1.29, 1.82) is 0 Å². The number of aromatic nitrogens is 2. The van der Waals surface area contributed by atoms with Gasteiger partial charge in [-0.25, -0.2) is 0 Å². The number of anilines is 1. The molecule has 0 atom stereocenters. The number of para-hydroxylation sites is 1. The van der Waals surface area contributed by atoms with Crippen molar-refractivity contribution in [3.05, 3.63) is 74.8 Å². The van der Waals surface area contributed by atoms with E-state index in [-0.39, 0.29) is 16.4 Å². The predicted molar refractivity (Wildman–Crippen MR) is 125 cm³/mol. The third-order valence-electron chi connectivity index (χ3n) is 4.31. The summed E-state index contributed by atoms with van der Waals surface area (Å²) in [4.78, 5) is 38.2. The predicted octanol–water partition coefficient (Wildman–Crippen LogP) is 3.74. The molecular weight excluding hydrogens is 470 g/mol. The molecule has 0 aliphatic carbocycles. The third-order valence-corrected chi connectivity index (χ3v) is 6.55. The highest BCUT2D eigenvalue weighted by molar-refractivity contribution is 8.01. The standard InChI is InChI=1S/C20H13N5O4S3/c1-11-22-23-20(31-11)32-16-8-7-12(10-15(16)25(28)29)9-14-17(26)21-19(30)24(18(14)27)13-5-3-2-4-6-13/h2-10H,1H3,(H,21,26,30)/b14-9+. The summed E-state index contributed by atoms with van der Waals surface area (Å²) in [6.07, 6.45) is 1.31. The van der Waals surface area contributed by atoms with Crippen LogP contribution in [-0.2, 0) is 9.59 Å². The van der Waals surface area contributed by atoms with Gasteiger partial charge in [-0.3, -0.25) is 29.9 Å². The van der Waals surface area contributed by atoms with E-state index in [1.165, 1.54) is 28.4 Å². The van der Waals surface area contributed by atoms with Crippen molar-refractivity contribution in [2.24, 2.45) is 0 Å². The molecule has 1 N–H and O–H groups in total. The molecule has 4 rings (SSSR count). The first-order valence-corrected chi connectivity index (χ1v) is 11.1. The van der Waals surface area contributed by atoms with E-state index in [1.807, 2.05) is 0 Å². The van der Waals surface area contributed by atoms with Crippen LogP contribution >= 0.6 is 35.3 Å². The summed E-state index contributed by atoms with van der Waals surface area (Å²) in [7, 11) is 0. The molecule has 3 aromatic rings. The maximum Gasteiger partial charge on any atom is 0.283 e. The number of carbonyl (C=O) groups excluding carboxylic acids is 2. The Hall–Kier alpha value is -3.48. The van der Waals surface area contributed by atoms with E-state index < -0.39 is 16.7 Å². The number of carbonyl (C=O) groups is 2. The zero-order chi connectivity index (χ0) is 22.8. The molecule has 0 radical (unpaired) electrons. The summed E-state index contributed by atoms with van der Waals surface area (Å²) in [5, 5.41) is 22.7. The largest absolute Gasteiger partial charge is 0.298 e. The Kier molecular flexibility index (Phi) is 6.08. The van der Waals surface area contributed by atoms with Gasteiger partial charge in [0, 0.05) is 6.07 Å². The maximum absolute atomic E-state index is 13.0. The molecule has 12 heteroatoms. The molecule has 2 aromatic carbocycles. The average molecular weight is 484 g/mol. The number of nitro groups is 1. The zero-order valence-corrected chi connectivity index (χ0v) is 18.8. The van der Waals surface area contributed by atoms with Gasteiger partial charge >= 0.3 is 0 Å². The third kappa shape index (κ3) is 4.42. The van der Waals surface area contributed by atoms with Crippen LogP contribution in [0.15, 0.2) is 63.3 Å². The summed E-state index contributed by atoms with van der Waals surface area (Å²) in [6.45, 7) is 1.79. The second-order valence-electron chi connectivity index (χ2n) is 6.47. The van der Waals surface area contributed by atoms with Gasteiger partial charge in [0.1, 0.15) is 10.6 Å². The van der Waals surface area contributed by atoms with Gasteiger partial charge in [0.05, 0.1) is 15.5 Å². The molecule has 2 amide bonds. The minimum atomic E-state index is -0.669. The molecule has 1 aromatic heterocycles. The highest BCUT2D eigenvalue weighted by Gasteiger charge is 2.34. The smallest absolute Gasteiger partial charge is 0.283 e.